The number of alkyl halides is 3. The highest BCUT2D eigenvalue weighted by atomic mass is 32.2. The van der Waals surface area contributed by atoms with E-state index in [1.54, 1.807) is 0 Å². The summed E-state index contributed by atoms with van der Waals surface area (Å²) in [6.07, 6.45) is 9.21. The Kier molecular flexibility index (Phi) is 6.26. The molecule has 0 aliphatic heterocycles. The lowest BCUT2D eigenvalue weighted by Gasteiger charge is -2.35. The van der Waals surface area contributed by atoms with Gasteiger partial charge in [0.2, 0.25) is 0 Å². The first kappa shape index (κ1) is 19.6. The summed E-state index contributed by atoms with van der Waals surface area (Å²) in [7, 11) is -5.53. The van der Waals surface area contributed by atoms with Crippen molar-refractivity contribution < 1.29 is 25.8 Å². The summed E-state index contributed by atoms with van der Waals surface area (Å²) in [5.74, 6) is 2.50. The first-order chi connectivity index (χ1) is 11.1. The molecule has 0 bridgehead atoms. The predicted octanol–water partition coefficient (Wildman–Crippen LogP) is 5.39. The highest BCUT2D eigenvalue weighted by molar-refractivity contribution is 7.87. The molecule has 0 aromatic heterocycles. The monoisotopic (exact) mass is 368 g/mol. The molecule has 0 radical (unpaired) electrons. The molecule has 1 atom stereocenters. The maximum Gasteiger partial charge on any atom is 0.534 e. The van der Waals surface area contributed by atoms with E-state index in [0.29, 0.717) is 24.7 Å². The van der Waals surface area contributed by atoms with Crippen molar-refractivity contribution >= 4 is 10.1 Å². The summed E-state index contributed by atoms with van der Waals surface area (Å²) in [4.78, 5) is 0. The van der Waals surface area contributed by atoms with Gasteiger partial charge in [-0.05, 0) is 61.9 Å². The second kappa shape index (κ2) is 7.67. The van der Waals surface area contributed by atoms with E-state index in [0.717, 1.165) is 11.8 Å². The molecule has 0 heterocycles. The largest absolute Gasteiger partial charge is 0.534 e. The Morgan fingerprint density at radius 3 is 2.21 bits per heavy atom. The maximum absolute atomic E-state index is 12.3. The molecule has 3 nitrogen and oxygen atoms in total. The highest BCUT2D eigenvalue weighted by Crippen LogP contribution is 2.41. The Balaban J connectivity index is 1.83. The van der Waals surface area contributed by atoms with Crippen LogP contribution in [0.3, 0.4) is 0 Å². The molecule has 24 heavy (non-hydrogen) atoms. The lowest BCUT2D eigenvalue weighted by atomic mass is 9.71. The Bertz CT molecular complexity index is 544. The van der Waals surface area contributed by atoms with E-state index in [1.807, 2.05) is 0 Å². The molecule has 1 saturated carbocycles. The number of hydrogen-bond donors (Lipinski definition) is 0. The van der Waals surface area contributed by atoms with Crippen molar-refractivity contribution in [2.75, 3.05) is 0 Å². The van der Waals surface area contributed by atoms with E-state index in [-0.39, 0.29) is 12.2 Å². The fraction of sp³-hybridized carbons (Fsp3) is 0.882. The molecule has 7 heteroatoms. The normalized spacial score (nSPS) is 29.4. The Morgan fingerprint density at radius 2 is 1.75 bits per heavy atom. The number of halogens is 3. The van der Waals surface area contributed by atoms with Gasteiger partial charge in [-0.2, -0.15) is 21.6 Å². The van der Waals surface area contributed by atoms with E-state index < -0.39 is 15.6 Å². The van der Waals surface area contributed by atoms with Crippen LogP contribution in [-0.4, -0.2) is 13.9 Å². The van der Waals surface area contributed by atoms with Crippen LogP contribution in [-0.2, 0) is 14.3 Å². The number of allylic oxidation sites excluding steroid dienone is 2. The molecule has 0 spiro atoms. The molecule has 1 unspecified atom stereocenters. The Morgan fingerprint density at radius 1 is 1.12 bits per heavy atom. The lowest BCUT2D eigenvalue weighted by Crippen LogP contribution is -2.27. The molecule has 1 fully saturated rings. The number of rotatable bonds is 5. The van der Waals surface area contributed by atoms with Gasteiger partial charge in [0.1, 0.15) is 5.76 Å². The average Bonchev–Trinajstić information content (AvgIpc) is 2.47. The van der Waals surface area contributed by atoms with E-state index >= 15 is 0 Å². The van der Waals surface area contributed by atoms with Crippen LogP contribution in [0.5, 0.6) is 0 Å². The molecule has 2 aliphatic carbocycles. The quantitative estimate of drug-likeness (QED) is 0.483. The van der Waals surface area contributed by atoms with Gasteiger partial charge in [-0.15, -0.1) is 0 Å². The minimum atomic E-state index is -5.53. The van der Waals surface area contributed by atoms with Crippen molar-refractivity contribution in [2.45, 2.75) is 70.7 Å². The SMILES string of the molecule is CC(C)CC1CCC(C2CC=C(OS(=O)(=O)C(F)(F)F)CC2)CC1. The molecule has 0 aromatic carbocycles. The van der Waals surface area contributed by atoms with Gasteiger partial charge in [0.15, 0.2) is 0 Å². The molecule has 0 saturated heterocycles. The first-order valence-corrected chi connectivity index (χ1v) is 10.2. The van der Waals surface area contributed by atoms with Crippen LogP contribution in [0.2, 0.25) is 0 Å². The van der Waals surface area contributed by atoms with Gasteiger partial charge in [-0.25, -0.2) is 0 Å². The molecular weight excluding hydrogens is 341 g/mol. The standard InChI is InChI=1S/C17H27F3O3S/c1-12(2)11-13-3-5-14(6-4-13)15-7-9-16(10-8-15)23-24(21,22)17(18,19)20/h9,12-15H,3-8,10-11H2,1-2H3. The fourth-order valence-corrected chi connectivity index (χ4v) is 4.61. The minimum absolute atomic E-state index is 0.0583. The molecule has 0 aromatic rings. The van der Waals surface area contributed by atoms with Gasteiger partial charge in [0.05, 0.1) is 0 Å². The summed E-state index contributed by atoms with van der Waals surface area (Å²) in [5.41, 5.74) is -5.36. The van der Waals surface area contributed by atoms with Crippen molar-refractivity contribution in [3.63, 3.8) is 0 Å². The van der Waals surface area contributed by atoms with Gasteiger partial charge in [0, 0.05) is 6.42 Å². The van der Waals surface area contributed by atoms with Gasteiger partial charge < -0.3 is 4.18 Å². The summed E-state index contributed by atoms with van der Waals surface area (Å²) in [5, 5.41) is 0. The Labute approximate surface area is 142 Å². The molecular formula is C17H27F3O3S. The Hall–Kier alpha value is -0.720. The van der Waals surface area contributed by atoms with Crippen molar-refractivity contribution in [3.05, 3.63) is 11.8 Å². The topological polar surface area (TPSA) is 43.4 Å². The average molecular weight is 368 g/mol. The van der Waals surface area contributed by atoms with Crippen molar-refractivity contribution in [3.8, 4) is 0 Å². The molecule has 2 aliphatic rings. The summed E-state index contributed by atoms with van der Waals surface area (Å²) < 4.78 is 63.4. The lowest BCUT2D eigenvalue weighted by molar-refractivity contribution is -0.0525. The third-order valence-corrected chi connectivity index (χ3v) is 6.27. The van der Waals surface area contributed by atoms with Crippen LogP contribution in [0.25, 0.3) is 0 Å². The second-order valence-corrected chi connectivity index (χ2v) is 9.14. The van der Waals surface area contributed by atoms with E-state index in [1.165, 1.54) is 38.2 Å². The summed E-state index contributed by atoms with van der Waals surface area (Å²) >= 11 is 0. The maximum atomic E-state index is 12.3. The first-order valence-electron chi connectivity index (χ1n) is 8.78. The highest BCUT2D eigenvalue weighted by Gasteiger charge is 2.49. The van der Waals surface area contributed by atoms with Crippen LogP contribution < -0.4 is 0 Å². The smallest absolute Gasteiger partial charge is 0.381 e. The van der Waals surface area contributed by atoms with E-state index in [2.05, 4.69) is 18.0 Å². The molecule has 0 amide bonds. The summed E-state index contributed by atoms with van der Waals surface area (Å²) in [6, 6.07) is 0. The van der Waals surface area contributed by atoms with Crippen LogP contribution in [0.15, 0.2) is 11.8 Å². The van der Waals surface area contributed by atoms with Gasteiger partial charge >= 0.3 is 15.6 Å². The van der Waals surface area contributed by atoms with E-state index in [9.17, 15) is 21.6 Å². The third-order valence-electron chi connectivity index (χ3n) is 5.27. The van der Waals surface area contributed by atoms with Crippen LogP contribution >= 0.6 is 0 Å². The third kappa shape index (κ3) is 5.14. The zero-order valence-electron chi connectivity index (χ0n) is 14.3. The fourth-order valence-electron chi connectivity index (χ4n) is 4.08. The van der Waals surface area contributed by atoms with Gasteiger partial charge in [-0.3, -0.25) is 0 Å². The molecule has 0 N–H and O–H groups in total. The number of hydrogen-bond acceptors (Lipinski definition) is 3. The van der Waals surface area contributed by atoms with Gasteiger partial charge in [0.25, 0.3) is 0 Å². The van der Waals surface area contributed by atoms with Crippen LogP contribution in [0.1, 0.15) is 65.2 Å². The molecule has 2 rings (SSSR count). The minimum Gasteiger partial charge on any atom is -0.381 e. The van der Waals surface area contributed by atoms with Crippen molar-refractivity contribution in [1.29, 1.82) is 0 Å². The molecule has 140 valence electrons. The zero-order chi connectivity index (χ0) is 18.0. The van der Waals surface area contributed by atoms with Crippen molar-refractivity contribution in [1.82, 2.24) is 0 Å². The predicted molar refractivity (Wildman–Crippen MR) is 86.4 cm³/mol. The van der Waals surface area contributed by atoms with Crippen LogP contribution in [0, 0.1) is 23.7 Å². The summed E-state index contributed by atoms with van der Waals surface area (Å²) in [6.45, 7) is 4.49. The zero-order valence-corrected chi connectivity index (χ0v) is 15.1. The van der Waals surface area contributed by atoms with Gasteiger partial charge in [-0.1, -0.05) is 26.7 Å². The van der Waals surface area contributed by atoms with Crippen LogP contribution in [0.4, 0.5) is 13.2 Å². The van der Waals surface area contributed by atoms with E-state index in [4.69, 9.17) is 0 Å². The second-order valence-electron chi connectivity index (χ2n) is 7.60. The van der Waals surface area contributed by atoms with Crippen molar-refractivity contribution in [2.24, 2.45) is 23.7 Å².